The largest absolute Gasteiger partial charge is 0.462 e. The van der Waals surface area contributed by atoms with Crippen molar-refractivity contribution in [2.24, 2.45) is 0 Å². The summed E-state index contributed by atoms with van der Waals surface area (Å²) in [4.78, 5) is 36.9. The van der Waals surface area contributed by atoms with E-state index in [-0.39, 0.29) is 18.7 Å². The summed E-state index contributed by atoms with van der Waals surface area (Å²) in [5.74, 6) is -2.22. The number of allylic oxidation sites excluding steroid dienone is 2. The fraction of sp³-hybridized carbons (Fsp3) is 0.414. The van der Waals surface area contributed by atoms with E-state index in [1.165, 1.54) is 0 Å². The molecule has 35 heavy (non-hydrogen) atoms. The van der Waals surface area contributed by atoms with E-state index in [9.17, 15) is 14.4 Å². The number of hydrogen-bond donors (Lipinski definition) is 0. The molecule has 2 atom stereocenters. The van der Waals surface area contributed by atoms with Gasteiger partial charge in [-0.3, -0.25) is 4.79 Å². The summed E-state index contributed by atoms with van der Waals surface area (Å²) in [5, 5.41) is 0. The monoisotopic (exact) mass is 478 g/mol. The van der Waals surface area contributed by atoms with Crippen LogP contribution in [0, 0.1) is 0 Å². The standard InChI is InChI=1S/C29H34O6/c30-27(34-25-18-10-2-1-3-11-19-25)21-13-12-20-26(24-16-8-5-9-17-24)35-29(32)28(31)33-22-23-14-6-4-7-15-23/h1-2,4-9,14-17,25-26H,3,10-13,18-22H2/b2-1+. The third-order valence-electron chi connectivity index (χ3n) is 5.91. The lowest BCUT2D eigenvalue weighted by molar-refractivity contribution is -0.172. The molecular weight excluding hydrogens is 444 g/mol. The van der Waals surface area contributed by atoms with Crippen LogP contribution in [-0.2, 0) is 35.2 Å². The molecule has 0 aliphatic heterocycles. The van der Waals surface area contributed by atoms with E-state index in [1.54, 1.807) is 0 Å². The first-order valence-electron chi connectivity index (χ1n) is 12.4. The minimum absolute atomic E-state index is 0.00414. The number of ether oxygens (including phenoxy) is 3. The summed E-state index contributed by atoms with van der Waals surface area (Å²) in [7, 11) is 0. The number of benzene rings is 2. The van der Waals surface area contributed by atoms with Gasteiger partial charge in [0.2, 0.25) is 0 Å². The van der Waals surface area contributed by atoms with Crippen molar-refractivity contribution in [2.45, 2.75) is 76.6 Å². The van der Waals surface area contributed by atoms with Gasteiger partial charge in [-0.05, 0) is 62.5 Å². The van der Waals surface area contributed by atoms with Crippen LogP contribution in [0.4, 0.5) is 0 Å². The van der Waals surface area contributed by atoms with Crippen LogP contribution in [0.5, 0.6) is 0 Å². The van der Waals surface area contributed by atoms with Gasteiger partial charge in [-0.1, -0.05) is 72.8 Å². The van der Waals surface area contributed by atoms with Crippen LogP contribution in [0.1, 0.15) is 75.0 Å². The zero-order valence-corrected chi connectivity index (χ0v) is 20.1. The van der Waals surface area contributed by atoms with Crippen LogP contribution in [0.3, 0.4) is 0 Å². The van der Waals surface area contributed by atoms with Crippen LogP contribution in [0.15, 0.2) is 72.8 Å². The van der Waals surface area contributed by atoms with E-state index >= 15 is 0 Å². The molecule has 2 unspecified atom stereocenters. The van der Waals surface area contributed by atoms with Gasteiger partial charge in [-0.15, -0.1) is 0 Å². The van der Waals surface area contributed by atoms with Crippen LogP contribution < -0.4 is 0 Å². The maximum absolute atomic E-state index is 12.4. The molecule has 0 aromatic heterocycles. The molecule has 6 nitrogen and oxygen atoms in total. The van der Waals surface area contributed by atoms with Crippen LogP contribution in [0.2, 0.25) is 0 Å². The topological polar surface area (TPSA) is 78.9 Å². The van der Waals surface area contributed by atoms with Crippen molar-refractivity contribution >= 4 is 17.9 Å². The summed E-state index contributed by atoms with van der Waals surface area (Å²) < 4.78 is 16.3. The Bertz CT molecular complexity index is 954. The van der Waals surface area contributed by atoms with Crippen molar-refractivity contribution in [2.75, 3.05) is 0 Å². The fourth-order valence-electron chi connectivity index (χ4n) is 4.01. The van der Waals surface area contributed by atoms with Crippen molar-refractivity contribution in [1.29, 1.82) is 0 Å². The highest BCUT2D eigenvalue weighted by atomic mass is 16.6. The van der Waals surface area contributed by atoms with Gasteiger partial charge in [-0.25, -0.2) is 9.59 Å². The van der Waals surface area contributed by atoms with Crippen molar-refractivity contribution < 1.29 is 28.6 Å². The van der Waals surface area contributed by atoms with E-state index in [4.69, 9.17) is 14.2 Å². The minimum Gasteiger partial charge on any atom is -0.462 e. The number of unbranched alkanes of at least 4 members (excludes halogenated alkanes) is 1. The second-order valence-electron chi connectivity index (χ2n) is 8.70. The van der Waals surface area contributed by atoms with Crippen molar-refractivity contribution in [3.8, 4) is 0 Å². The lowest BCUT2D eigenvalue weighted by Crippen LogP contribution is -2.23. The quantitative estimate of drug-likeness (QED) is 0.137. The highest BCUT2D eigenvalue weighted by Gasteiger charge is 2.24. The number of esters is 3. The van der Waals surface area contributed by atoms with E-state index < -0.39 is 18.0 Å². The van der Waals surface area contributed by atoms with Gasteiger partial charge in [0.1, 0.15) is 18.8 Å². The van der Waals surface area contributed by atoms with Gasteiger partial charge in [-0.2, -0.15) is 0 Å². The Kier molecular flexibility index (Phi) is 11.1. The first-order valence-corrected chi connectivity index (χ1v) is 12.4. The minimum atomic E-state index is -1.02. The van der Waals surface area contributed by atoms with Gasteiger partial charge in [0.05, 0.1) is 0 Å². The van der Waals surface area contributed by atoms with Crippen LogP contribution in [-0.4, -0.2) is 24.0 Å². The Morgan fingerprint density at radius 1 is 0.829 bits per heavy atom. The molecule has 1 aliphatic rings. The molecule has 0 spiro atoms. The van der Waals surface area contributed by atoms with Gasteiger partial charge < -0.3 is 14.2 Å². The summed E-state index contributed by atoms with van der Waals surface area (Å²) in [5.41, 5.74) is 1.58. The second kappa shape index (κ2) is 14.8. The first-order chi connectivity index (χ1) is 17.1. The molecule has 1 aliphatic carbocycles. The van der Waals surface area contributed by atoms with E-state index in [0.29, 0.717) is 25.7 Å². The molecule has 0 bridgehead atoms. The number of rotatable bonds is 10. The molecule has 0 fully saturated rings. The molecular formula is C29H34O6. The zero-order valence-electron chi connectivity index (χ0n) is 20.1. The van der Waals surface area contributed by atoms with Gasteiger partial charge >= 0.3 is 17.9 Å². The number of carbonyl (C=O) groups is 3. The maximum Gasteiger partial charge on any atom is 0.418 e. The number of hydrogen-bond acceptors (Lipinski definition) is 6. The summed E-state index contributed by atoms with van der Waals surface area (Å²) in [6.45, 7) is 0.00414. The number of carbonyl (C=O) groups excluding carboxylic acids is 3. The van der Waals surface area contributed by atoms with Gasteiger partial charge in [0.15, 0.2) is 0 Å². The molecule has 6 heteroatoms. The lowest BCUT2D eigenvalue weighted by Gasteiger charge is -2.19. The van der Waals surface area contributed by atoms with Crippen LogP contribution >= 0.6 is 0 Å². The van der Waals surface area contributed by atoms with E-state index in [2.05, 4.69) is 12.2 Å². The molecule has 186 valence electrons. The van der Waals surface area contributed by atoms with Gasteiger partial charge in [0, 0.05) is 6.42 Å². The molecule has 3 rings (SSSR count). The summed E-state index contributed by atoms with van der Waals surface area (Å²) in [6, 6.07) is 18.4. The summed E-state index contributed by atoms with van der Waals surface area (Å²) >= 11 is 0. The van der Waals surface area contributed by atoms with Crippen molar-refractivity contribution in [3.63, 3.8) is 0 Å². The normalized spacial score (nSPS) is 17.3. The molecule has 2 aromatic rings. The molecule has 0 saturated heterocycles. The highest BCUT2D eigenvalue weighted by Crippen LogP contribution is 2.25. The highest BCUT2D eigenvalue weighted by molar-refractivity contribution is 6.29. The summed E-state index contributed by atoms with van der Waals surface area (Å²) in [6.07, 6.45) is 10.6. The van der Waals surface area contributed by atoms with Crippen LogP contribution in [0.25, 0.3) is 0 Å². The molecule has 0 N–H and O–H groups in total. The first kappa shape index (κ1) is 26.2. The third-order valence-corrected chi connectivity index (χ3v) is 5.91. The molecule has 0 amide bonds. The average Bonchev–Trinajstić information content (AvgIpc) is 2.87. The Labute approximate surface area is 207 Å². The fourth-order valence-corrected chi connectivity index (χ4v) is 4.01. The van der Waals surface area contributed by atoms with E-state index in [1.807, 2.05) is 60.7 Å². The molecule has 2 aromatic carbocycles. The van der Waals surface area contributed by atoms with Gasteiger partial charge in [0.25, 0.3) is 0 Å². The second-order valence-corrected chi connectivity index (χ2v) is 8.70. The predicted molar refractivity (Wildman–Crippen MR) is 132 cm³/mol. The van der Waals surface area contributed by atoms with Crippen molar-refractivity contribution in [3.05, 3.63) is 83.9 Å². The maximum atomic E-state index is 12.4. The third kappa shape index (κ3) is 9.77. The average molecular weight is 479 g/mol. The molecule has 0 heterocycles. The molecule has 0 saturated carbocycles. The van der Waals surface area contributed by atoms with Crippen molar-refractivity contribution in [1.82, 2.24) is 0 Å². The zero-order chi connectivity index (χ0) is 24.7. The predicted octanol–water partition coefficient (Wildman–Crippen LogP) is 6.01. The Balaban J connectivity index is 1.44. The Hall–Kier alpha value is -3.41. The smallest absolute Gasteiger partial charge is 0.418 e. The Morgan fingerprint density at radius 2 is 1.54 bits per heavy atom. The SMILES string of the molecule is O=C(CCCCC(OC(=O)C(=O)OCc1ccccc1)c1ccccc1)OC1CC/C=C/CCC1. The lowest BCUT2D eigenvalue weighted by atomic mass is 10.0. The molecule has 0 radical (unpaired) electrons. The van der Waals surface area contributed by atoms with E-state index in [0.717, 1.165) is 43.2 Å². The Morgan fingerprint density at radius 3 is 2.31 bits per heavy atom.